The van der Waals surface area contributed by atoms with E-state index in [4.69, 9.17) is 17.3 Å². The summed E-state index contributed by atoms with van der Waals surface area (Å²) < 4.78 is 0. The van der Waals surface area contributed by atoms with E-state index >= 15 is 0 Å². The van der Waals surface area contributed by atoms with Gasteiger partial charge in [-0.2, -0.15) is 11.8 Å². The molecule has 0 aromatic heterocycles. The third kappa shape index (κ3) is 4.27. The molecule has 2 aromatic rings. The Kier molecular flexibility index (Phi) is 5.77. The zero-order valence-electron chi connectivity index (χ0n) is 10.8. The number of hydrogen-bond acceptors (Lipinski definition) is 2. The topological polar surface area (TPSA) is 26.0 Å². The molecule has 0 heterocycles. The van der Waals surface area contributed by atoms with Crippen molar-refractivity contribution in [2.75, 3.05) is 12.3 Å². The summed E-state index contributed by atoms with van der Waals surface area (Å²) in [6, 6.07) is 18.5. The van der Waals surface area contributed by atoms with Gasteiger partial charge in [0.15, 0.2) is 0 Å². The van der Waals surface area contributed by atoms with Crippen LogP contribution in [0.25, 0.3) is 0 Å². The van der Waals surface area contributed by atoms with Crippen LogP contribution in [0.4, 0.5) is 0 Å². The summed E-state index contributed by atoms with van der Waals surface area (Å²) in [5, 5.41) is 0.846. The quantitative estimate of drug-likeness (QED) is 0.858. The van der Waals surface area contributed by atoms with E-state index in [0.717, 1.165) is 16.5 Å². The van der Waals surface area contributed by atoms with Crippen molar-refractivity contribution in [2.24, 2.45) is 5.73 Å². The molecule has 0 radical (unpaired) electrons. The fraction of sp³-hybridized carbons (Fsp3) is 0.250. The first kappa shape index (κ1) is 14.4. The summed E-state index contributed by atoms with van der Waals surface area (Å²) in [5.74, 6) is 2.36. The largest absolute Gasteiger partial charge is 0.330 e. The van der Waals surface area contributed by atoms with Crippen LogP contribution in [0.1, 0.15) is 17.0 Å². The standard InChI is InChI=1S/C16H18ClNS/c17-16-9-5-4-8-14(16)11-19-12-15(10-18)13-6-2-1-3-7-13/h1-9,15H,10-12,18H2. The molecule has 3 heteroatoms. The van der Waals surface area contributed by atoms with Crippen LogP contribution in [-0.4, -0.2) is 12.3 Å². The Bertz CT molecular complexity index is 501. The fourth-order valence-electron chi connectivity index (χ4n) is 1.95. The molecule has 0 aliphatic heterocycles. The van der Waals surface area contributed by atoms with Gasteiger partial charge in [0.05, 0.1) is 0 Å². The first-order chi connectivity index (χ1) is 9.31. The lowest BCUT2D eigenvalue weighted by Gasteiger charge is -2.15. The lowest BCUT2D eigenvalue weighted by Crippen LogP contribution is -2.14. The summed E-state index contributed by atoms with van der Waals surface area (Å²) in [5.41, 5.74) is 8.38. The van der Waals surface area contributed by atoms with Crippen molar-refractivity contribution in [1.82, 2.24) is 0 Å². The van der Waals surface area contributed by atoms with E-state index in [1.165, 1.54) is 11.1 Å². The molecule has 0 bridgehead atoms. The zero-order valence-corrected chi connectivity index (χ0v) is 12.3. The molecule has 1 atom stereocenters. The SMILES string of the molecule is NCC(CSCc1ccccc1Cl)c1ccccc1. The highest BCUT2D eigenvalue weighted by Gasteiger charge is 2.09. The molecule has 0 amide bonds. The van der Waals surface area contributed by atoms with Gasteiger partial charge < -0.3 is 5.73 Å². The maximum atomic E-state index is 6.15. The molecule has 0 aliphatic carbocycles. The van der Waals surface area contributed by atoms with E-state index < -0.39 is 0 Å². The molecular weight excluding hydrogens is 274 g/mol. The van der Waals surface area contributed by atoms with Crippen LogP contribution in [0.15, 0.2) is 54.6 Å². The molecule has 0 spiro atoms. The minimum atomic E-state index is 0.411. The second-order valence-electron chi connectivity index (χ2n) is 4.45. The van der Waals surface area contributed by atoms with Crippen molar-refractivity contribution in [3.8, 4) is 0 Å². The number of halogens is 1. The average molecular weight is 292 g/mol. The molecule has 1 nitrogen and oxygen atoms in total. The van der Waals surface area contributed by atoms with Gasteiger partial charge in [0.25, 0.3) is 0 Å². The van der Waals surface area contributed by atoms with Gasteiger partial charge in [0.1, 0.15) is 0 Å². The molecule has 19 heavy (non-hydrogen) atoms. The van der Waals surface area contributed by atoms with E-state index in [-0.39, 0.29) is 0 Å². The lowest BCUT2D eigenvalue weighted by atomic mass is 10.0. The Hall–Kier alpha value is -0.960. The molecule has 0 saturated heterocycles. The summed E-state index contributed by atoms with van der Waals surface area (Å²) in [6.45, 7) is 0.680. The Morgan fingerprint density at radius 1 is 1.00 bits per heavy atom. The van der Waals surface area contributed by atoms with Crippen molar-refractivity contribution in [2.45, 2.75) is 11.7 Å². The highest BCUT2D eigenvalue weighted by Crippen LogP contribution is 2.25. The minimum absolute atomic E-state index is 0.411. The number of rotatable bonds is 6. The number of thioether (sulfide) groups is 1. The molecule has 2 rings (SSSR count). The molecule has 0 saturated carbocycles. The van der Waals surface area contributed by atoms with Gasteiger partial charge in [0, 0.05) is 22.4 Å². The van der Waals surface area contributed by atoms with Crippen LogP contribution < -0.4 is 5.73 Å². The van der Waals surface area contributed by atoms with Crippen LogP contribution in [0.3, 0.4) is 0 Å². The predicted molar refractivity (Wildman–Crippen MR) is 85.9 cm³/mol. The molecule has 0 aliphatic rings. The smallest absolute Gasteiger partial charge is 0.0446 e. The van der Waals surface area contributed by atoms with E-state index in [0.29, 0.717) is 12.5 Å². The Morgan fingerprint density at radius 2 is 1.68 bits per heavy atom. The van der Waals surface area contributed by atoms with Crippen molar-refractivity contribution in [1.29, 1.82) is 0 Å². The van der Waals surface area contributed by atoms with Crippen LogP contribution in [0, 0.1) is 0 Å². The molecule has 2 aromatic carbocycles. The zero-order chi connectivity index (χ0) is 13.5. The third-order valence-corrected chi connectivity index (χ3v) is 4.61. The Labute approximate surface area is 124 Å². The summed E-state index contributed by atoms with van der Waals surface area (Å²) >= 11 is 8.04. The summed E-state index contributed by atoms with van der Waals surface area (Å²) in [6.07, 6.45) is 0. The number of nitrogens with two attached hydrogens (primary N) is 1. The number of hydrogen-bond donors (Lipinski definition) is 1. The van der Waals surface area contributed by atoms with Gasteiger partial charge >= 0.3 is 0 Å². The molecule has 0 fully saturated rings. The van der Waals surface area contributed by atoms with Gasteiger partial charge in [-0.25, -0.2) is 0 Å². The van der Waals surface area contributed by atoms with Crippen molar-refractivity contribution < 1.29 is 0 Å². The van der Waals surface area contributed by atoms with Crippen LogP contribution in [0.5, 0.6) is 0 Å². The first-order valence-electron chi connectivity index (χ1n) is 6.37. The van der Waals surface area contributed by atoms with E-state index in [2.05, 4.69) is 30.3 Å². The molecular formula is C16H18ClNS. The van der Waals surface area contributed by atoms with Crippen molar-refractivity contribution >= 4 is 23.4 Å². The first-order valence-corrected chi connectivity index (χ1v) is 7.90. The third-order valence-electron chi connectivity index (χ3n) is 3.09. The van der Waals surface area contributed by atoms with Crippen LogP contribution >= 0.6 is 23.4 Å². The average Bonchev–Trinajstić information content (AvgIpc) is 2.46. The van der Waals surface area contributed by atoms with Crippen molar-refractivity contribution in [3.05, 3.63) is 70.7 Å². The molecule has 1 unspecified atom stereocenters. The Morgan fingerprint density at radius 3 is 2.37 bits per heavy atom. The van der Waals surface area contributed by atoms with Gasteiger partial charge in [-0.1, -0.05) is 60.1 Å². The predicted octanol–water partition coefficient (Wildman–Crippen LogP) is 4.32. The lowest BCUT2D eigenvalue weighted by molar-refractivity contribution is 0.785. The van der Waals surface area contributed by atoms with Gasteiger partial charge in [-0.3, -0.25) is 0 Å². The monoisotopic (exact) mass is 291 g/mol. The van der Waals surface area contributed by atoms with Crippen LogP contribution in [0.2, 0.25) is 5.02 Å². The highest BCUT2D eigenvalue weighted by molar-refractivity contribution is 7.98. The normalized spacial score (nSPS) is 12.3. The second kappa shape index (κ2) is 7.59. The molecule has 100 valence electrons. The van der Waals surface area contributed by atoms with E-state index in [1.54, 1.807) is 0 Å². The van der Waals surface area contributed by atoms with Gasteiger partial charge in [-0.05, 0) is 23.7 Å². The summed E-state index contributed by atoms with van der Waals surface area (Å²) in [4.78, 5) is 0. The second-order valence-corrected chi connectivity index (χ2v) is 5.89. The maximum Gasteiger partial charge on any atom is 0.0446 e. The fourth-order valence-corrected chi connectivity index (χ4v) is 3.44. The summed E-state index contributed by atoms with van der Waals surface area (Å²) in [7, 11) is 0. The van der Waals surface area contributed by atoms with E-state index in [1.807, 2.05) is 36.0 Å². The van der Waals surface area contributed by atoms with Gasteiger partial charge in [0.2, 0.25) is 0 Å². The van der Waals surface area contributed by atoms with Gasteiger partial charge in [-0.15, -0.1) is 0 Å². The Balaban J connectivity index is 1.89. The van der Waals surface area contributed by atoms with Crippen LogP contribution in [-0.2, 0) is 5.75 Å². The maximum absolute atomic E-state index is 6.15. The van der Waals surface area contributed by atoms with Crippen molar-refractivity contribution in [3.63, 3.8) is 0 Å². The highest BCUT2D eigenvalue weighted by atomic mass is 35.5. The number of benzene rings is 2. The minimum Gasteiger partial charge on any atom is -0.330 e. The van der Waals surface area contributed by atoms with E-state index in [9.17, 15) is 0 Å². The molecule has 2 N–H and O–H groups in total.